The molecule has 0 N–H and O–H groups in total. The average molecular weight is 295 g/mol. The highest BCUT2D eigenvalue weighted by atomic mass is 16.6. The predicted molar refractivity (Wildman–Crippen MR) is 74.3 cm³/mol. The van der Waals surface area contributed by atoms with Gasteiger partial charge in [-0.3, -0.25) is 9.69 Å². The average Bonchev–Trinajstić information content (AvgIpc) is 2.85. The monoisotopic (exact) mass is 295 g/mol. The van der Waals surface area contributed by atoms with Crippen LogP contribution < -0.4 is 0 Å². The van der Waals surface area contributed by atoms with E-state index in [-0.39, 0.29) is 18.1 Å². The topological polar surface area (TPSA) is 72.9 Å². The Bertz CT molecular complexity index is 529. The molecule has 2 rings (SSSR count). The van der Waals surface area contributed by atoms with Crippen LogP contribution in [0.2, 0.25) is 0 Å². The number of amides is 1. The molecule has 0 radical (unpaired) electrons. The Kier molecular flexibility index (Phi) is 3.82. The Hall–Kier alpha value is -1.85. The largest absolute Gasteiger partial charge is 0.467 e. The molecule has 6 heteroatoms. The highest BCUT2D eigenvalue weighted by Crippen LogP contribution is 2.41. The molecule has 0 aromatic heterocycles. The van der Waals surface area contributed by atoms with Gasteiger partial charge in [0.2, 0.25) is 0 Å². The number of esters is 1. The summed E-state index contributed by atoms with van der Waals surface area (Å²) < 4.78 is 10.1. The molecule has 0 saturated heterocycles. The second kappa shape index (κ2) is 5.16. The predicted octanol–water partition coefficient (Wildman–Crippen LogP) is 2.03. The lowest BCUT2D eigenvalue weighted by atomic mass is 10.0. The zero-order valence-corrected chi connectivity index (χ0v) is 13.1. The van der Waals surface area contributed by atoms with Gasteiger partial charge in [0.25, 0.3) is 0 Å². The minimum absolute atomic E-state index is 0.00459. The molecule has 1 heterocycles. The van der Waals surface area contributed by atoms with E-state index in [4.69, 9.17) is 9.47 Å². The number of rotatable bonds is 1. The molecule has 0 spiro atoms. The van der Waals surface area contributed by atoms with Gasteiger partial charge < -0.3 is 9.47 Å². The van der Waals surface area contributed by atoms with Crippen LogP contribution in [-0.2, 0) is 19.1 Å². The van der Waals surface area contributed by atoms with Crippen LogP contribution in [0, 0.1) is 5.92 Å². The van der Waals surface area contributed by atoms with Gasteiger partial charge in [0.05, 0.1) is 7.11 Å². The van der Waals surface area contributed by atoms with Crippen LogP contribution in [0.15, 0.2) is 11.3 Å². The number of ketones is 1. The van der Waals surface area contributed by atoms with Crippen LogP contribution in [0.3, 0.4) is 0 Å². The molecule has 21 heavy (non-hydrogen) atoms. The van der Waals surface area contributed by atoms with Crippen molar-refractivity contribution >= 4 is 17.8 Å². The third kappa shape index (κ3) is 2.80. The number of allylic oxidation sites excluding steroid dienone is 1. The first kappa shape index (κ1) is 15.5. The van der Waals surface area contributed by atoms with Crippen LogP contribution in [-0.4, -0.2) is 41.5 Å². The highest BCUT2D eigenvalue weighted by molar-refractivity contribution is 6.03. The van der Waals surface area contributed by atoms with Crippen molar-refractivity contribution in [2.75, 3.05) is 7.11 Å². The summed E-state index contributed by atoms with van der Waals surface area (Å²) in [5.41, 5.74) is 0.496. The molecule has 2 atom stereocenters. The van der Waals surface area contributed by atoms with Crippen molar-refractivity contribution in [1.29, 1.82) is 0 Å². The fraction of sp³-hybridized carbons (Fsp3) is 0.667. The Balaban J connectivity index is 2.31. The van der Waals surface area contributed by atoms with Crippen LogP contribution in [0.5, 0.6) is 0 Å². The van der Waals surface area contributed by atoms with Gasteiger partial charge in [0.1, 0.15) is 11.6 Å². The van der Waals surface area contributed by atoms with Crippen molar-refractivity contribution in [2.24, 2.45) is 5.92 Å². The molecule has 0 saturated carbocycles. The molecule has 0 unspecified atom stereocenters. The van der Waals surface area contributed by atoms with E-state index in [1.165, 1.54) is 12.0 Å². The Morgan fingerprint density at radius 1 is 1.24 bits per heavy atom. The summed E-state index contributed by atoms with van der Waals surface area (Å²) in [5, 5.41) is 0. The van der Waals surface area contributed by atoms with E-state index in [0.29, 0.717) is 17.7 Å². The molecular weight excluding hydrogens is 274 g/mol. The lowest BCUT2D eigenvalue weighted by molar-refractivity contribution is -0.145. The fourth-order valence-corrected chi connectivity index (χ4v) is 2.75. The first-order valence-electron chi connectivity index (χ1n) is 7.02. The van der Waals surface area contributed by atoms with Crippen LogP contribution in [0.25, 0.3) is 0 Å². The van der Waals surface area contributed by atoms with Gasteiger partial charge in [-0.2, -0.15) is 0 Å². The number of methoxy groups -OCH3 is 1. The molecule has 6 nitrogen and oxygen atoms in total. The molecule has 1 aliphatic heterocycles. The maximum absolute atomic E-state index is 12.4. The highest BCUT2D eigenvalue weighted by Gasteiger charge is 2.48. The summed E-state index contributed by atoms with van der Waals surface area (Å²) in [6.07, 6.45) is 0.0653. The first-order chi connectivity index (χ1) is 9.65. The zero-order valence-electron chi connectivity index (χ0n) is 13.1. The third-order valence-corrected chi connectivity index (χ3v) is 3.66. The van der Waals surface area contributed by atoms with Gasteiger partial charge in [-0.05, 0) is 27.2 Å². The molecule has 0 bridgehead atoms. The first-order valence-corrected chi connectivity index (χ1v) is 7.02. The molecule has 1 aliphatic carbocycles. The molecular formula is C15H21NO5. The fourth-order valence-electron chi connectivity index (χ4n) is 2.75. The number of nitrogens with zero attached hydrogens (tertiary/aromatic N) is 1. The minimum atomic E-state index is -0.800. The van der Waals surface area contributed by atoms with E-state index < -0.39 is 23.7 Å². The summed E-state index contributed by atoms with van der Waals surface area (Å²) in [6, 6.07) is -0.800. The molecule has 2 aliphatic rings. The summed E-state index contributed by atoms with van der Waals surface area (Å²) in [4.78, 5) is 37.7. The SMILES string of the molecule is COC(=O)[C@H]1CC2=C(C[C@H](C)C2=O)N1C(=O)OC(C)(C)C. The Morgan fingerprint density at radius 2 is 1.86 bits per heavy atom. The van der Waals surface area contributed by atoms with E-state index in [1.54, 1.807) is 20.8 Å². The Morgan fingerprint density at radius 3 is 2.38 bits per heavy atom. The Labute approximate surface area is 124 Å². The lowest BCUT2D eigenvalue weighted by Crippen LogP contribution is -2.44. The summed E-state index contributed by atoms with van der Waals surface area (Å²) in [6.45, 7) is 7.09. The summed E-state index contributed by atoms with van der Waals surface area (Å²) in [5.74, 6) is -0.681. The number of ether oxygens (including phenoxy) is 2. The summed E-state index contributed by atoms with van der Waals surface area (Å²) in [7, 11) is 1.27. The van der Waals surface area contributed by atoms with Gasteiger partial charge in [-0.25, -0.2) is 9.59 Å². The van der Waals surface area contributed by atoms with E-state index in [0.717, 1.165) is 0 Å². The zero-order chi connectivity index (χ0) is 15.9. The van der Waals surface area contributed by atoms with Crippen molar-refractivity contribution in [2.45, 2.75) is 52.2 Å². The van der Waals surface area contributed by atoms with Gasteiger partial charge in [0.15, 0.2) is 5.78 Å². The standard InChI is InChI=1S/C15H21NO5/c1-8-6-10-9(12(8)17)7-11(13(18)20-5)16(10)14(19)21-15(2,3)4/h8,11H,6-7H2,1-5H3/t8-,11+/m0/s1. The quantitative estimate of drug-likeness (QED) is 0.692. The lowest BCUT2D eigenvalue weighted by Gasteiger charge is -2.29. The second-order valence-electron chi connectivity index (χ2n) is 6.49. The van der Waals surface area contributed by atoms with Gasteiger partial charge in [0, 0.05) is 23.6 Å². The van der Waals surface area contributed by atoms with Crippen LogP contribution in [0.1, 0.15) is 40.5 Å². The number of likely N-dealkylation sites (tertiary alicyclic amines) is 1. The molecule has 0 aromatic rings. The number of carbonyl (C=O) groups is 3. The van der Waals surface area contributed by atoms with Gasteiger partial charge in [-0.1, -0.05) is 6.92 Å². The summed E-state index contributed by atoms with van der Waals surface area (Å²) >= 11 is 0. The van der Waals surface area contributed by atoms with E-state index in [1.807, 2.05) is 6.92 Å². The minimum Gasteiger partial charge on any atom is -0.467 e. The maximum atomic E-state index is 12.4. The van der Waals surface area contributed by atoms with Crippen molar-refractivity contribution in [3.63, 3.8) is 0 Å². The number of carbonyl (C=O) groups excluding carboxylic acids is 3. The van der Waals surface area contributed by atoms with Crippen molar-refractivity contribution in [3.8, 4) is 0 Å². The van der Waals surface area contributed by atoms with Crippen LogP contribution >= 0.6 is 0 Å². The van der Waals surface area contributed by atoms with E-state index >= 15 is 0 Å². The second-order valence-corrected chi connectivity index (χ2v) is 6.49. The van der Waals surface area contributed by atoms with Crippen molar-refractivity contribution in [1.82, 2.24) is 4.90 Å². The number of hydrogen-bond donors (Lipinski definition) is 0. The smallest absolute Gasteiger partial charge is 0.415 e. The van der Waals surface area contributed by atoms with E-state index in [9.17, 15) is 14.4 Å². The van der Waals surface area contributed by atoms with Crippen LogP contribution in [0.4, 0.5) is 4.79 Å². The van der Waals surface area contributed by atoms with Crippen molar-refractivity contribution in [3.05, 3.63) is 11.3 Å². The molecule has 1 amide bonds. The van der Waals surface area contributed by atoms with Gasteiger partial charge >= 0.3 is 12.1 Å². The van der Waals surface area contributed by atoms with E-state index in [2.05, 4.69) is 0 Å². The molecule has 116 valence electrons. The number of hydrogen-bond acceptors (Lipinski definition) is 5. The molecule has 0 fully saturated rings. The van der Waals surface area contributed by atoms with Crippen molar-refractivity contribution < 1.29 is 23.9 Å². The third-order valence-electron chi connectivity index (χ3n) is 3.66. The van der Waals surface area contributed by atoms with Gasteiger partial charge in [-0.15, -0.1) is 0 Å². The normalized spacial score (nSPS) is 25.2. The number of Topliss-reactive ketones (excluding diaryl/α,β-unsaturated/α-hetero) is 1. The maximum Gasteiger partial charge on any atom is 0.415 e. The molecule has 0 aromatic carbocycles.